The fraction of sp³-hybridized carbons (Fsp3) is 0.611. The van der Waals surface area contributed by atoms with E-state index in [0.717, 1.165) is 24.9 Å². The Balaban J connectivity index is 0.00000312. The Hall–Kier alpha value is -0.880. The van der Waals surface area contributed by atoms with Crippen LogP contribution in [0.15, 0.2) is 18.2 Å². The average Bonchev–Trinajstić information content (AvgIpc) is 2.94. The quantitative estimate of drug-likeness (QED) is 0.777. The number of carbonyl (C=O) groups excluding carboxylic acids is 1. The first-order valence-electron chi connectivity index (χ1n) is 8.61. The average molecular weight is 392 g/mol. The number of rotatable bonds is 6. The molecule has 1 amide bonds. The zero-order valence-corrected chi connectivity index (χ0v) is 16.5. The molecule has 1 aromatic rings. The smallest absolute Gasteiger partial charge is 0.237 e. The van der Waals surface area contributed by atoms with Gasteiger partial charge in [-0.05, 0) is 44.4 Å². The number of hydrogen-bond acceptors (Lipinski definition) is 3. The Morgan fingerprint density at radius 1 is 1.48 bits per heavy atom. The number of hydrogen-bond donors (Lipinski definition) is 2. The minimum Gasteiger partial charge on any atom is -0.350 e. The first kappa shape index (κ1) is 22.2. The lowest BCUT2D eigenvalue weighted by Gasteiger charge is -2.32. The van der Waals surface area contributed by atoms with Gasteiger partial charge in [0, 0.05) is 18.6 Å². The van der Waals surface area contributed by atoms with Crippen LogP contribution >= 0.6 is 24.0 Å². The number of nitrogens with zero attached hydrogens (tertiary/aromatic N) is 1. The SMILES string of the molecule is CCCC(N)C(=O)NC1CCN(C(C)C)C1c1ccc(Cl)c(F)c1.Cl. The highest BCUT2D eigenvalue weighted by Crippen LogP contribution is 2.35. The molecule has 0 saturated carbocycles. The normalized spacial score (nSPS) is 21.9. The van der Waals surface area contributed by atoms with Crippen molar-refractivity contribution in [3.8, 4) is 0 Å². The fourth-order valence-electron chi connectivity index (χ4n) is 3.40. The van der Waals surface area contributed by atoms with Crippen molar-refractivity contribution >= 4 is 29.9 Å². The lowest BCUT2D eigenvalue weighted by molar-refractivity contribution is -0.123. The largest absolute Gasteiger partial charge is 0.350 e. The topological polar surface area (TPSA) is 58.4 Å². The van der Waals surface area contributed by atoms with Crippen molar-refractivity contribution in [3.63, 3.8) is 0 Å². The van der Waals surface area contributed by atoms with E-state index in [1.807, 2.05) is 13.0 Å². The molecule has 3 atom stereocenters. The summed E-state index contributed by atoms with van der Waals surface area (Å²) in [7, 11) is 0. The molecule has 0 radical (unpaired) electrons. The second-order valence-electron chi connectivity index (χ2n) is 6.75. The van der Waals surface area contributed by atoms with Crippen LogP contribution in [0.1, 0.15) is 51.6 Å². The van der Waals surface area contributed by atoms with Gasteiger partial charge in [0.2, 0.25) is 5.91 Å². The van der Waals surface area contributed by atoms with Gasteiger partial charge in [-0.15, -0.1) is 12.4 Å². The van der Waals surface area contributed by atoms with Gasteiger partial charge in [-0.1, -0.05) is 31.0 Å². The summed E-state index contributed by atoms with van der Waals surface area (Å²) in [6.45, 7) is 7.06. The van der Waals surface area contributed by atoms with Crippen LogP contribution in [0.3, 0.4) is 0 Å². The molecule has 0 spiro atoms. The van der Waals surface area contributed by atoms with Crippen molar-refractivity contribution in [2.24, 2.45) is 5.73 Å². The van der Waals surface area contributed by atoms with E-state index < -0.39 is 11.9 Å². The van der Waals surface area contributed by atoms with Crippen molar-refractivity contribution in [1.29, 1.82) is 0 Å². The van der Waals surface area contributed by atoms with Crippen molar-refractivity contribution in [2.45, 2.75) is 64.2 Å². The highest BCUT2D eigenvalue weighted by molar-refractivity contribution is 6.30. The number of benzene rings is 1. The molecule has 1 heterocycles. The summed E-state index contributed by atoms with van der Waals surface area (Å²) in [5.74, 6) is -0.565. The summed E-state index contributed by atoms with van der Waals surface area (Å²) in [6, 6.07) is 4.52. The summed E-state index contributed by atoms with van der Waals surface area (Å²) in [5.41, 5.74) is 6.76. The van der Waals surface area contributed by atoms with E-state index in [1.54, 1.807) is 6.07 Å². The molecule has 4 nitrogen and oxygen atoms in total. The van der Waals surface area contributed by atoms with E-state index >= 15 is 0 Å². The van der Waals surface area contributed by atoms with Gasteiger partial charge in [-0.25, -0.2) is 4.39 Å². The maximum Gasteiger partial charge on any atom is 0.237 e. The van der Waals surface area contributed by atoms with Crippen molar-refractivity contribution in [1.82, 2.24) is 10.2 Å². The summed E-state index contributed by atoms with van der Waals surface area (Å²) in [6.07, 6.45) is 2.34. The van der Waals surface area contributed by atoms with Gasteiger partial charge in [-0.2, -0.15) is 0 Å². The monoisotopic (exact) mass is 391 g/mol. The Kier molecular flexibility index (Phi) is 8.61. The van der Waals surface area contributed by atoms with Crippen molar-refractivity contribution in [2.75, 3.05) is 6.54 Å². The molecule has 0 aromatic heterocycles. The van der Waals surface area contributed by atoms with Crippen LogP contribution in [-0.4, -0.2) is 35.5 Å². The molecule has 25 heavy (non-hydrogen) atoms. The Labute approximate surface area is 160 Å². The van der Waals surface area contributed by atoms with E-state index in [2.05, 4.69) is 24.1 Å². The number of amides is 1. The molecule has 1 aliphatic rings. The fourth-order valence-corrected chi connectivity index (χ4v) is 3.52. The van der Waals surface area contributed by atoms with Crippen LogP contribution in [0.25, 0.3) is 0 Å². The molecule has 1 aromatic carbocycles. The first-order valence-corrected chi connectivity index (χ1v) is 8.99. The van der Waals surface area contributed by atoms with Crippen LogP contribution in [-0.2, 0) is 4.79 Å². The third-order valence-corrected chi connectivity index (χ3v) is 4.96. The Morgan fingerprint density at radius 3 is 2.72 bits per heavy atom. The third kappa shape index (κ3) is 5.30. The molecule has 0 aliphatic carbocycles. The summed E-state index contributed by atoms with van der Waals surface area (Å²) in [4.78, 5) is 14.6. The van der Waals surface area contributed by atoms with Gasteiger partial charge in [0.05, 0.1) is 17.1 Å². The molecule has 3 unspecified atom stereocenters. The molecule has 7 heteroatoms. The van der Waals surface area contributed by atoms with Crippen LogP contribution in [0.5, 0.6) is 0 Å². The van der Waals surface area contributed by atoms with E-state index in [1.165, 1.54) is 6.07 Å². The molecule has 1 saturated heterocycles. The number of likely N-dealkylation sites (tertiary alicyclic amines) is 1. The molecule has 3 N–H and O–H groups in total. The van der Waals surface area contributed by atoms with Gasteiger partial charge in [0.25, 0.3) is 0 Å². The van der Waals surface area contributed by atoms with Crippen LogP contribution in [0.2, 0.25) is 5.02 Å². The zero-order chi connectivity index (χ0) is 17.9. The van der Waals surface area contributed by atoms with Crippen LogP contribution < -0.4 is 11.1 Å². The summed E-state index contributed by atoms with van der Waals surface area (Å²) >= 11 is 5.81. The molecular weight excluding hydrogens is 364 g/mol. The molecule has 1 aliphatic heterocycles. The number of nitrogens with two attached hydrogens (primary N) is 1. The zero-order valence-electron chi connectivity index (χ0n) is 15.0. The first-order chi connectivity index (χ1) is 11.3. The number of nitrogens with one attached hydrogen (secondary N) is 1. The lowest BCUT2D eigenvalue weighted by atomic mass is 9.98. The Bertz CT molecular complexity index is 585. The maximum atomic E-state index is 13.9. The highest BCUT2D eigenvalue weighted by atomic mass is 35.5. The summed E-state index contributed by atoms with van der Waals surface area (Å²) < 4.78 is 13.9. The molecule has 2 rings (SSSR count). The van der Waals surface area contributed by atoms with E-state index in [0.29, 0.717) is 12.5 Å². The van der Waals surface area contributed by atoms with Gasteiger partial charge < -0.3 is 11.1 Å². The number of carbonyl (C=O) groups is 1. The highest BCUT2D eigenvalue weighted by Gasteiger charge is 2.38. The second-order valence-corrected chi connectivity index (χ2v) is 7.16. The minimum atomic E-state index is -0.495. The Morgan fingerprint density at radius 2 is 2.16 bits per heavy atom. The van der Waals surface area contributed by atoms with Gasteiger partial charge in [0.15, 0.2) is 0 Å². The van der Waals surface area contributed by atoms with E-state index in [4.69, 9.17) is 17.3 Å². The maximum absolute atomic E-state index is 13.9. The predicted octanol–water partition coefficient (Wildman–Crippen LogP) is 3.67. The van der Waals surface area contributed by atoms with Crippen molar-refractivity contribution in [3.05, 3.63) is 34.6 Å². The third-order valence-electron chi connectivity index (χ3n) is 4.65. The minimum absolute atomic E-state index is 0. The summed E-state index contributed by atoms with van der Waals surface area (Å²) in [5, 5.41) is 3.18. The lowest BCUT2D eigenvalue weighted by Crippen LogP contribution is -2.47. The van der Waals surface area contributed by atoms with Gasteiger partial charge in [0.1, 0.15) is 5.82 Å². The molecule has 0 bridgehead atoms. The molecular formula is C18H28Cl2FN3O. The predicted molar refractivity (Wildman–Crippen MR) is 103 cm³/mol. The van der Waals surface area contributed by atoms with E-state index in [9.17, 15) is 9.18 Å². The van der Waals surface area contributed by atoms with Crippen LogP contribution in [0, 0.1) is 5.82 Å². The van der Waals surface area contributed by atoms with Crippen molar-refractivity contribution < 1.29 is 9.18 Å². The van der Waals surface area contributed by atoms with Crippen LogP contribution in [0.4, 0.5) is 4.39 Å². The van der Waals surface area contributed by atoms with Gasteiger partial charge >= 0.3 is 0 Å². The van der Waals surface area contributed by atoms with Gasteiger partial charge in [-0.3, -0.25) is 9.69 Å². The molecule has 1 fully saturated rings. The second kappa shape index (κ2) is 9.72. The molecule has 142 valence electrons. The standard InChI is InChI=1S/C18H27ClFN3O.ClH/c1-4-5-15(21)18(24)22-16-8-9-23(11(2)3)17(16)12-6-7-13(19)14(20)10-12;/h6-7,10-11,15-17H,4-5,8-9,21H2,1-3H3,(H,22,24);1H. The van der Waals surface area contributed by atoms with E-state index in [-0.39, 0.29) is 35.4 Å². The number of halogens is 3.